The van der Waals surface area contributed by atoms with Gasteiger partial charge >= 0.3 is 0 Å². The molecule has 1 unspecified atom stereocenters. The standard InChI is InChI=1S/C19H25ClN4O.ClH/c1-19(2,14-5-3-6-15(20)11-14)13-22-18(25)17-8-10-24(23-17)16-7-4-9-21-12-16;/h3,5-6,8,10-11,16,21H,4,7,9,12-13H2,1-2H3,(H,22,25);1H. The first-order valence-corrected chi connectivity index (χ1v) is 9.14. The van der Waals surface area contributed by atoms with E-state index in [0.29, 0.717) is 23.3 Å². The lowest BCUT2D eigenvalue weighted by Gasteiger charge is -2.25. The van der Waals surface area contributed by atoms with Gasteiger partial charge in [0.1, 0.15) is 5.69 Å². The van der Waals surface area contributed by atoms with Crippen molar-refractivity contribution in [3.05, 3.63) is 52.8 Å². The van der Waals surface area contributed by atoms with Gasteiger partial charge in [-0.25, -0.2) is 0 Å². The molecule has 3 rings (SSSR count). The molecular weight excluding hydrogens is 371 g/mol. The summed E-state index contributed by atoms with van der Waals surface area (Å²) in [5.74, 6) is -0.141. The van der Waals surface area contributed by atoms with Gasteiger partial charge in [0.25, 0.3) is 5.91 Å². The van der Waals surface area contributed by atoms with Crippen LogP contribution >= 0.6 is 24.0 Å². The average molecular weight is 397 g/mol. The van der Waals surface area contributed by atoms with Crippen molar-refractivity contribution >= 4 is 29.9 Å². The van der Waals surface area contributed by atoms with Crippen molar-refractivity contribution in [1.82, 2.24) is 20.4 Å². The summed E-state index contributed by atoms with van der Waals surface area (Å²) in [6.45, 7) is 6.66. The van der Waals surface area contributed by atoms with E-state index in [2.05, 4.69) is 29.6 Å². The summed E-state index contributed by atoms with van der Waals surface area (Å²) in [6, 6.07) is 9.88. The molecule has 1 fully saturated rings. The summed E-state index contributed by atoms with van der Waals surface area (Å²) < 4.78 is 1.91. The molecule has 1 aliphatic rings. The Bertz CT molecular complexity index is 739. The largest absolute Gasteiger partial charge is 0.350 e. The highest BCUT2D eigenvalue weighted by atomic mass is 35.5. The van der Waals surface area contributed by atoms with Gasteiger partial charge in [-0.3, -0.25) is 9.48 Å². The minimum Gasteiger partial charge on any atom is -0.350 e. The zero-order valence-corrected chi connectivity index (χ0v) is 16.7. The second-order valence-electron chi connectivity index (χ2n) is 7.26. The Labute approximate surface area is 165 Å². The van der Waals surface area contributed by atoms with Crippen molar-refractivity contribution in [3.8, 4) is 0 Å². The van der Waals surface area contributed by atoms with Crippen LogP contribution in [0.5, 0.6) is 0 Å². The normalized spacial score (nSPS) is 17.4. The second kappa shape index (κ2) is 8.89. The third-order valence-corrected chi connectivity index (χ3v) is 5.02. The monoisotopic (exact) mass is 396 g/mol. The van der Waals surface area contributed by atoms with Gasteiger partial charge in [0.05, 0.1) is 6.04 Å². The molecule has 0 radical (unpaired) electrons. The molecular formula is C19H26Cl2N4O. The number of hydrogen-bond donors (Lipinski definition) is 2. The minimum atomic E-state index is -0.212. The Hall–Kier alpha value is -1.56. The number of halogens is 2. The van der Waals surface area contributed by atoms with E-state index >= 15 is 0 Å². The predicted octanol–water partition coefficient (Wildman–Crippen LogP) is 3.59. The van der Waals surface area contributed by atoms with Crippen molar-refractivity contribution in [3.63, 3.8) is 0 Å². The molecule has 142 valence electrons. The first kappa shape index (κ1) is 20.7. The van der Waals surface area contributed by atoms with Gasteiger partial charge in [-0.2, -0.15) is 5.10 Å². The van der Waals surface area contributed by atoms with Crippen molar-refractivity contribution in [2.75, 3.05) is 19.6 Å². The van der Waals surface area contributed by atoms with Crippen LogP contribution in [0.2, 0.25) is 5.02 Å². The number of carbonyl (C=O) groups excluding carboxylic acids is 1. The number of piperidine rings is 1. The Morgan fingerprint density at radius 3 is 2.92 bits per heavy atom. The Kier molecular flexibility index (Phi) is 7.09. The third-order valence-electron chi connectivity index (χ3n) is 4.78. The zero-order valence-electron chi connectivity index (χ0n) is 15.2. The number of amides is 1. The zero-order chi connectivity index (χ0) is 17.9. The SMILES string of the molecule is CC(C)(CNC(=O)c1ccn(C2CCCNC2)n1)c1cccc(Cl)c1.Cl. The Morgan fingerprint density at radius 2 is 2.23 bits per heavy atom. The first-order chi connectivity index (χ1) is 12.0. The molecule has 0 spiro atoms. The predicted molar refractivity (Wildman–Crippen MR) is 107 cm³/mol. The molecule has 1 aromatic carbocycles. The topological polar surface area (TPSA) is 59.0 Å². The summed E-state index contributed by atoms with van der Waals surface area (Å²) in [5.41, 5.74) is 1.35. The van der Waals surface area contributed by atoms with Gasteiger partial charge in [0, 0.05) is 29.7 Å². The number of carbonyl (C=O) groups is 1. The van der Waals surface area contributed by atoms with Crippen molar-refractivity contribution < 1.29 is 4.79 Å². The maximum atomic E-state index is 12.5. The quantitative estimate of drug-likeness (QED) is 0.811. The molecule has 1 saturated heterocycles. The van der Waals surface area contributed by atoms with Gasteiger partial charge in [-0.05, 0) is 43.1 Å². The smallest absolute Gasteiger partial charge is 0.271 e. The van der Waals surface area contributed by atoms with Crippen molar-refractivity contribution in [2.24, 2.45) is 0 Å². The number of nitrogens with one attached hydrogen (secondary N) is 2. The fourth-order valence-corrected chi connectivity index (χ4v) is 3.32. The highest BCUT2D eigenvalue weighted by Gasteiger charge is 2.23. The summed E-state index contributed by atoms with van der Waals surface area (Å²) in [5, 5.41) is 11.5. The number of hydrogen-bond acceptors (Lipinski definition) is 3. The van der Waals surface area contributed by atoms with Gasteiger partial charge in [0.2, 0.25) is 0 Å². The van der Waals surface area contributed by atoms with Crippen LogP contribution in [0.15, 0.2) is 36.5 Å². The van der Waals surface area contributed by atoms with Gasteiger partial charge in [0.15, 0.2) is 0 Å². The van der Waals surface area contributed by atoms with E-state index in [0.717, 1.165) is 31.5 Å². The summed E-state index contributed by atoms with van der Waals surface area (Å²) in [6.07, 6.45) is 4.13. The van der Waals surface area contributed by atoms with Gasteiger partial charge in [-0.15, -0.1) is 12.4 Å². The highest BCUT2D eigenvalue weighted by molar-refractivity contribution is 6.30. The van der Waals surface area contributed by atoms with Crippen LogP contribution in [0, 0.1) is 0 Å². The van der Waals surface area contributed by atoms with Crippen LogP contribution in [-0.2, 0) is 5.41 Å². The van der Waals surface area contributed by atoms with Gasteiger partial charge in [-0.1, -0.05) is 37.6 Å². The molecule has 0 aliphatic carbocycles. The minimum absolute atomic E-state index is 0. The third kappa shape index (κ3) is 5.00. The molecule has 1 atom stereocenters. The lowest BCUT2D eigenvalue weighted by molar-refractivity contribution is 0.0939. The van der Waals surface area contributed by atoms with Crippen LogP contribution in [0.25, 0.3) is 0 Å². The van der Waals surface area contributed by atoms with E-state index in [1.165, 1.54) is 0 Å². The molecule has 2 heterocycles. The van der Waals surface area contributed by atoms with Crippen LogP contribution in [-0.4, -0.2) is 35.3 Å². The van der Waals surface area contributed by atoms with E-state index in [4.69, 9.17) is 11.6 Å². The van der Waals surface area contributed by atoms with Crippen molar-refractivity contribution in [1.29, 1.82) is 0 Å². The van der Waals surface area contributed by atoms with E-state index in [9.17, 15) is 4.79 Å². The lowest BCUT2D eigenvalue weighted by atomic mass is 9.84. The summed E-state index contributed by atoms with van der Waals surface area (Å²) >= 11 is 6.08. The molecule has 0 saturated carbocycles. The molecule has 7 heteroatoms. The number of aromatic nitrogens is 2. The molecule has 0 bridgehead atoms. The van der Waals surface area contributed by atoms with Gasteiger partial charge < -0.3 is 10.6 Å². The van der Waals surface area contributed by atoms with Crippen molar-refractivity contribution in [2.45, 2.75) is 38.1 Å². The number of rotatable bonds is 5. The molecule has 1 aromatic heterocycles. The molecule has 5 nitrogen and oxygen atoms in total. The molecule has 26 heavy (non-hydrogen) atoms. The Morgan fingerprint density at radius 1 is 1.42 bits per heavy atom. The fourth-order valence-electron chi connectivity index (χ4n) is 3.13. The van der Waals surface area contributed by atoms with E-state index in [-0.39, 0.29) is 23.7 Å². The van der Waals surface area contributed by atoms with E-state index in [1.54, 1.807) is 6.07 Å². The van der Waals surface area contributed by atoms with Crippen LogP contribution in [0.3, 0.4) is 0 Å². The van der Waals surface area contributed by atoms with Crippen LogP contribution in [0.4, 0.5) is 0 Å². The fraction of sp³-hybridized carbons (Fsp3) is 0.474. The lowest BCUT2D eigenvalue weighted by Crippen LogP contribution is -2.37. The maximum Gasteiger partial charge on any atom is 0.271 e. The highest BCUT2D eigenvalue weighted by Crippen LogP contribution is 2.25. The second-order valence-corrected chi connectivity index (χ2v) is 7.69. The van der Waals surface area contributed by atoms with E-state index in [1.807, 2.05) is 35.1 Å². The van der Waals surface area contributed by atoms with E-state index < -0.39 is 0 Å². The molecule has 2 N–H and O–H groups in total. The number of nitrogens with zero attached hydrogens (tertiary/aromatic N) is 2. The van der Waals surface area contributed by atoms with Crippen LogP contribution < -0.4 is 10.6 Å². The molecule has 1 aliphatic heterocycles. The molecule has 2 aromatic rings. The maximum absolute atomic E-state index is 12.5. The summed E-state index contributed by atoms with van der Waals surface area (Å²) in [4.78, 5) is 12.5. The first-order valence-electron chi connectivity index (χ1n) is 8.76. The molecule has 1 amide bonds. The van der Waals surface area contributed by atoms with Crippen LogP contribution in [0.1, 0.15) is 48.8 Å². The Balaban J connectivity index is 0.00000243. The average Bonchev–Trinajstić information content (AvgIpc) is 3.11. The number of benzene rings is 1. The summed E-state index contributed by atoms with van der Waals surface area (Å²) in [7, 11) is 0.